The number of hydrogen-bond donors (Lipinski definition) is 1. The molecule has 1 fully saturated rings. The van der Waals surface area contributed by atoms with Gasteiger partial charge in [0.2, 0.25) is 11.8 Å². The zero-order valence-corrected chi connectivity index (χ0v) is 15.4. The maximum atomic E-state index is 12.4. The first-order valence-corrected chi connectivity index (χ1v) is 8.74. The van der Waals surface area contributed by atoms with E-state index in [1.807, 2.05) is 43.3 Å². The number of hydrogen-bond acceptors (Lipinski definition) is 2. The van der Waals surface area contributed by atoms with Crippen LogP contribution in [0.3, 0.4) is 0 Å². The van der Waals surface area contributed by atoms with Gasteiger partial charge < -0.3 is 10.2 Å². The molecule has 3 rings (SSSR count). The fourth-order valence-corrected chi connectivity index (χ4v) is 3.11. The highest BCUT2D eigenvalue weighted by molar-refractivity contribution is 9.10. The molecular formula is C18H16BrClN2O2. The first-order valence-electron chi connectivity index (χ1n) is 7.57. The second-order valence-corrected chi connectivity index (χ2v) is 7.16. The fraction of sp³-hybridized carbons (Fsp3) is 0.222. The number of aryl methyl sites for hydroxylation is 1. The molecule has 0 aromatic heterocycles. The standard InChI is InChI=1S/C18H16BrClN2O2/c1-11-2-5-14(9-16(11)20)21-18(24)12-8-17(23)22(10-12)15-6-3-13(19)4-7-15/h2-7,9,12H,8,10H2,1H3,(H,21,24)/t12-/m0/s1. The van der Waals surface area contributed by atoms with Crippen molar-refractivity contribution >= 4 is 50.7 Å². The largest absolute Gasteiger partial charge is 0.326 e. The predicted molar refractivity (Wildman–Crippen MR) is 99.4 cm³/mol. The fourth-order valence-electron chi connectivity index (χ4n) is 2.67. The Morgan fingerprint density at radius 1 is 1.25 bits per heavy atom. The molecule has 2 amide bonds. The van der Waals surface area contributed by atoms with Crippen LogP contribution in [0.1, 0.15) is 12.0 Å². The molecule has 2 aromatic rings. The van der Waals surface area contributed by atoms with E-state index >= 15 is 0 Å². The summed E-state index contributed by atoms with van der Waals surface area (Å²) in [6.07, 6.45) is 0.210. The van der Waals surface area contributed by atoms with Crippen molar-refractivity contribution in [2.24, 2.45) is 5.92 Å². The molecule has 1 aliphatic heterocycles. The lowest BCUT2D eigenvalue weighted by atomic mass is 10.1. The summed E-state index contributed by atoms with van der Waals surface area (Å²) in [5, 5.41) is 3.45. The minimum Gasteiger partial charge on any atom is -0.326 e. The van der Waals surface area contributed by atoms with E-state index in [-0.39, 0.29) is 24.2 Å². The highest BCUT2D eigenvalue weighted by Crippen LogP contribution is 2.28. The third kappa shape index (κ3) is 3.62. The van der Waals surface area contributed by atoms with Crippen molar-refractivity contribution in [1.82, 2.24) is 0 Å². The van der Waals surface area contributed by atoms with Crippen LogP contribution >= 0.6 is 27.5 Å². The molecule has 24 heavy (non-hydrogen) atoms. The van der Waals surface area contributed by atoms with Crippen LogP contribution < -0.4 is 10.2 Å². The molecular weight excluding hydrogens is 392 g/mol. The number of nitrogens with one attached hydrogen (secondary N) is 1. The smallest absolute Gasteiger partial charge is 0.229 e. The molecule has 0 saturated carbocycles. The molecule has 0 radical (unpaired) electrons. The van der Waals surface area contributed by atoms with Crippen molar-refractivity contribution in [2.75, 3.05) is 16.8 Å². The summed E-state index contributed by atoms with van der Waals surface area (Å²) in [7, 11) is 0. The van der Waals surface area contributed by atoms with Crippen LogP contribution in [0.25, 0.3) is 0 Å². The van der Waals surface area contributed by atoms with Crippen molar-refractivity contribution in [2.45, 2.75) is 13.3 Å². The van der Waals surface area contributed by atoms with Gasteiger partial charge in [-0.05, 0) is 48.9 Å². The van der Waals surface area contributed by atoms with E-state index in [4.69, 9.17) is 11.6 Å². The van der Waals surface area contributed by atoms with Crippen LogP contribution in [0.4, 0.5) is 11.4 Å². The van der Waals surface area contributed by atoms with Gasteiger partial charge in [0.15, 0.2) is 0 Å². The number of halogens is 2. The third-order valence-electron chi connectivity index (χ3n) is 4.07. The van der Waals surface area contributed by atoms with E-state index in [0.29, 0.717) is 17.3 Å². The zero-order chi connectivity index (χ0) is 17.3. The van der Waals surface area contributed by atoms with Gasteiger partial charge in [0, 0.05) is 33.8 Å². The second kappa shape index (κ2) is 6.95. The maximum Gasteiger partial charge on any atom is 0.229 e. The number of benzene rings is 2. The average Bonchev–Trinajstić information content (AvgIpc) is 2.94. The first kappa shape index (κ1) is 17.0. The third-order valence-corrected chi connectivity index (χ3v) is 5.01. The molecule has 1 N–H and O–H groups in total. The zero-order valence-electron chi connectivity index (χ0n) is 13.1. The van der Waals surface area contributed by atoms with Crippen LogP contribution in [-0.4, -0.2) is 18.4 Å². The van der Waals surface area contributed by atoms with Crippen molar-refractivity contribution in [1.29, 1.82) is 0 Å². The molecule has 0 spiro atoms. The summed E-state index contributed by atoms with van der Waals surface area (Å²) < 4.78 is 0.948. The molecule has 1 aliphatic rings. The van der Waals surface area contributed by atoms with Crippen LogP contribution in [0.2, 0.25) is 5.02 Å². The lowest BCUT2D eigenvalue weighted by molar-refractivity contribution is -0.122. The Hall–Kier alpha value is -1.85. The van der Waals surface area contributed by atoms with E-state index in [1.165, 1.54) is 0 Å². The molecule has 0 aliphatic carbocycles. The normalized spacial score (nSPS) is 17.2. The van der Waals surface area contributed by atoms with Gasteiger partial charge in [-0.15, -0.1) is 0 Å². The molecule has 1 saturated heterocycles. The van der Waals surface area contributed by atoms with Crippen LogP contribution in [0.5, 0.6) is 0 Å². The van der Waals surface area contributed by atoms with Crippen molar-refractivity contribution in [3.8, 4) is 0 Å². The molecule has 124 valence electrons. The number of amides is 2. The summed E-state index contributed by atoms with van der Waals surface area (Å²) in [6.45, 7) is 2.28. The minimum absolute atomic E-state index is 0.0422. The summed E-state index contributed by atoms with van der Waals surface area (Å²) in [6, 6.07) is 12.9. The Morgan fingerprint density at radius 3 is 2.62 bits per heavy atom. The van der Waals surface area contributed by atoms with E-state index in [1.54, 1.807) is 11.0 Å². The molecule has 4 nitrogen and oxygen atoms in total. The quantitative estimate of drug-likeness (QED) is 0.819. The summed E-state index contributed by atoms with van der Waals surface area (Å²) >= 11 is 9.45. The molecule has 6 heteroatoms. The van der Waals surface area contributed by atoms with E-state index in [9.17, 15) is 9.59 Å². The van der Waals surface area contributed by atoms with Gasteiger partial charge in [-0.25, -0.2) is 0 Å². The van der Waals surface area contributed by atoms with Gasteiger partial charge in [0.1, 0.15) is 0 Å². The Kier molecular flexibility index (Phi) is 4.92. The number of rotatable bonds is 3. The average molecular weight is 408 g/mol. The van der Waals surface area contributed by atoms with E-state index < -0.39 is 0 Å². The van der Waals surface area contributed by atoms with Gasteiger partial charge in [-0.3, -0.25) is 9.59 Å². The predicted octanol–water partition coefficient (Wildman–Crippen LogP) is 4.40. The molecule has 2 aromatic carbocycles. The van der Waals surface area contributed by atoms with Gasteiger partial charge in [0.25, 0.3) is 0 Å². The summed E-state index contributed by atoms with van der Waals surface area (Å²) in [5.74, 6) is -0.580. The number of carbonyl (C=O) groups excluding carboxylic acids is 2. The lowest BCUT2D eigenvalue weighted by Crippen LogP contribution is -2.28. The summed E-state index contributed by atoms with van der Waals surface area (Å²) in [5.41, 5.74) is 2.40. The Bertz CT molecular complexity index is 792. The lowest BCUT2D eigenvalue weighted by Gasteiger charge is -2.17. The van der Waals surface area contributed by atoms with Crippen LogP contribution in [0, 0.1) is 12.8 Å². The minimum atomic E-state index is -0.374. The Balaban J connectivity index is 1.69. The Morgan fingerprint density at radius 2 is 1.96 bits per heavy atom. The topological polar surface area (TPSA) is 49.4 Å². The van der Waals surface area contributed by atoms with E-state index in [2.05, 4.69) is 21.2 Å². The Labute approximate surface area is 153 Å². The van der Waals surface area contributed by atoms with Crippen LogP contribution in [-0.2, 0) is 9.59 Å². The SMILES string of the molecule is Cc1ccc(NC(=O)[C@H]2CC(=O)N(c3ccc(Br)cc3)C2)cc1Cl. The number of nitrogens with zero attached hydrogens (tertiary/aromatic N) is 1. The highest BCUT2D eigenvalue weighted by Gasteiger charge is 2.35. The molecule has 0 bridgehead atoms. The molecule has 1 atom stereocenters. The monoisotopic (exact) mass is 406 g/mol. The number of carbonyl (C=O) groups is 2. The second-order valence-electron chi connectivity index (χ2n) is 5.84. The highest BCUT2D eigenvalue weighted by atomic mass is 79.9. The first-order chi connectivity index (χ1) is 11.4. The van der Waals surface area contributed by atoms with Gasteiger partial charge in [0.05, 0.1) is 5.92 Å². The van der Waals surface area contributed by atoms with Crippen molar-refractivity contribution < 1.29 is 9.59 Å². The molecule has 0 unspecified atom stereocenters. The maximum absolute atomic E-state index is 12.4. The van der Waals surface area contributed by atoms with Crippen molar-refractivity contribution in [3.05, 3.63) is 57.5 Å². The van der Waals surface area contributed by atoms with Gasteiger partial charge >= 0.3 is 0 Å². The number of anilines is 2. The van der Waals surface area contributed by atoms with Crippen molar-refractivity contribution in [3.63, 3.8) is 0 Å². The van der Waals surface area contributed by atoms with Gasteiger partial charge in [-0.2, -0.15) is 0 Å². The van der Waals surface area contributed by atoms with Crippen LogP contribution in [0.15, 0.2) is 46.9 Å². The van der Waals surface area contributed by atoms with Gasteiger partial charge in [-0.1, -0.05) is 33.6 Å². The summed E-state index contributed by atoms with van der Waals surface area (Å²) in [4.78, 5) is 26.3. The van der Waals surface area contributed by atoms with E-state index in [0.717, 1.165) is 15.7 Å². The molecule has 1 heterocycles.